The quantitative estimate of drug-likeness (QED) is 0.851. The monoisotopic (exact) mass is 216 g/mol. The molecule has 0 fully saturated rings. The number of hydrogen-bond acceptors (Lipinski definition) is 3. The highest BCUT2D eigenvalue weighted by molar-refractivity contribution is 5.63. The van der Waals surface area contributed by atoms with Crippen LogP contribution in [0.5, 0.6) is 5.75 Å². The van der Waals surface area contributed by atoms with Crippen LogP contribution >= 0.6 is 0 Å². The van der Waals surface area contributed by atoms with Gasteiger partial charge in [0, 0.05) is 12.3 Å². The lowest BCUT2D eigenvalue weighted by atomic mass is 10.2. The summed E-state index contributed by atoms with van der Waals surface area (Å²) in [5.74, 6) is 1.25. The van der Waals surface area contributed by atoms with Crippen molar-refractivity contribution in [3.8, 4) is 17.1 Å². The molecule has 0 amide bonds. The summed E-state index contributed by atoms with van der Waals surface area (Å²) in [6, 6.07) is 8.86. The van der Waals surface area contributed by atoms with Gasteiger partial charge in [-0.05, 0) is 19.1 Å². The van der Waals surface area contributed by atoms with E-state index >= 15 is 0 Å². The Balaban J connectivity index is 2.51. The van der Waals surface area contributed by atoms with Gasteiger partial charge in [-0.3, -0.25) is 4.79 Å². The van der Waals surface area contributed by atoms with Gasteiger partial charge in [0.2, 0.25) is 0 Å². The van der Waals surface area contributed by atoms with Gasteiger partial charge in [-0.2, -0.15) is 0 Å². The molecule has 2 aromatic rings. The van der Waals surface area contributed by atoms with Crippen molar-refractivity contribution in [3.63, 3.8) is 0 Å². The van der Waals surface area contributed by atoms with E-state index < -0.39 is 0 Å². The minimum Gasteiger partial charge on any atom is -0.493 e. The van der Waals surface area contributed by atoms with Crippen LogP contribution in [0.1, 0.15) is 6.92 Å². The molecule has 0 radical (unpaired) electrons. The highest BCUT2D eigenvalue weighted by atomic mass is 16.5. The van der Waals surface area contributed by atoms with Gasteiger partial charge in [0.15, 0.2) is 0 Å². The minimum absolute atomic E-state index is 0.170. The second kappa shape index (κ2) is 4.61. The van der Waals surface area contributed by atoms with Crippen LogP contribution in [0, 0.1) is 0 Å². The number of benzene rings is 1. The second-order valence-electron chi connectivity index (χ2n) is 3.21. The van der Waals surface area contributed by atoms with Gasteiger partial charge in [0.25, 0.3) is 5.56 Å². The Morgan fingerprint density at radius 1 is 1.31 bits per heavy atom. The van der Waals surface area contributed by atoms with Gasteiger partial charge in [0.1, 0.15) is 11.6 Å². The second-order valence-corrected chi connectivity index (χ2v) is 3.21. The average Bonchev–Trinajstić information content (AvgIpc) is 2.30. The maximum atomic E-state index is 11.2. The fourth-order valence-corrected chi connectivity index (χ4v) is 1.45. The zero-order valence-electron chi connectivity index (χ0n) is 8.93. The fourth-order valence-electron chi connectivity index (χ4n) is 1.45. The molecule has 0 saturated heterocycles. The molecule has 1 heterocycles. The molecule has 16 heavy (non-hydrogen) atoms. The maximum absolute atomic E-state index is 11.2. The predicted octanol–water partition coefficient (Wildman–Crippen LogP) is 1.84. The van der Waals surface area contributed by atoms with Crippen LogP contribution in [0.4, 0.5) is 0 Å². The van der Waals surface area contributed by atoms with Crippen molar-refractivity contribution in [2.75, 3.05) is 6.61 Å². The van der Waals surface area contributed by atoms with Crippen LogP contribution in [-0.4, -0.2) is 16.6 Å². The molecule has 0 aliphatic heterocycles. The van der Waals surface area contributed by atoms with Crippen LogP contribution < -0.4 is 10.3 Å². The lowest BCUT2D eigenvalue weighted by molar-refractivity contribution is 0.341. The van der Waals surface area contributed by atoms with Crippen molar-refractivity contribution in [3.05, 3.63) is 46.9 Å². The highest BCUT2D eigenvalue weighted by Crippen LogP contribution is 2.25. The molecule has 0 saturated carbocycles. The van der Waals surface area contributed by atoms with E-state index in [-0.39, 0.29) is 5.56 Å². The Hall–Kier alpha value is -2.10. The van der Waals surface area contributed by atoms with Crippen LogP contribution in [0.2, 0.25) is 0 Å². The number of hydrogen-bond donors (Lipinski definition) is 1. The Labute approximate surface area is 92.9 Å². The van der Waals surface area contributed by atoms with Gasteiger partial charge in [-0.15, -0.1) is 0 Å². The van der Waals surface area contributed by atoms with Crippen molar-refractivity contribution in [1.29, 1.82) is 0 Å². The van der Waals surface area contributed by atoms with Crippen LogP contribution in [-0.2, 0) is 0 Å². The van der Waals surface area contributed by atoms with Gasteiger partial charge in [-0.25, -0.2) is 4.98 Å². The van der Waals surface area contributed by atoms with Gasteiger partial charge in [0.05, 0.1) is 12.2 Å². The lowest BCUT2D eigenvalue weighted by Crippen LogP contribution is -2.06. The molecular formula is C12H12N2O2. The summed E-state index contributed by atoms with van der Waals surface area (Å²) in [6.45, 7) is 2.49. The van der Waals surface area contributed by atoms with E-state index in [4.69, 9.17) is 4.74 Å². The zero-order chi connectivity index (χ0) is 11.4. The minimum atomic E-state index is -0.170. The summed E-state index contributed by atoms with van der Waals surface area (Å²) in [4.78, 5) is 18.0. The number of nitrogens with zero attached hydrogens (tertiary/aromatic N) is 1. The Kier molecular flexibility index (Phi) is 3.00. The van der Waals surface area contributed by atoms with Gasteiger partial charge >= 0.3 is 0 Å². The molecule has 4 heteroatoms. The van der Waals surface area contributed by atoms with Crippen molar-refractivity contribution in [2.45, 2.75) is 6.92 Å². The van der Waals surface area contributed by atoms with E-state index in [9.17, 15) is 4.79 Å². The number of H-pyrrole nitrogens is 1. The molecule has 0 aliphatic rings. The average molecular weight is 216 g/mol. The van der Waals surface area contributed by atoms with Gasteiger partial charge < -0.3 is 9.72 Å². The zero-order valence-corrected chi connectivity index (χ0v) is 8.93. The van der Waals surface area contributed by atoms with Crippen LogP contribution in [0.3, 0.4) is 0 Å². The lowest BCUT2D eigenvalue weighted by Gasteiger charge is -2.08. The van der Waals surface area contributed by atoms with Gasteiger partial charge in [-0.1, -0.05) is 12.1 Å². The third-order valence-electron chi connectivity index (χ3n) is 2.11. The SMILES string of the molecule is CCOc1ccccc1-c1nccc(=O)[nH]1. The summed E-state index contributed by atoms with van der Waals surface area (Å²) < 4.78 is 5.47. The molecule has 0 unspecified atom stereocenters. The van der Waals surface area contributed by atoms with Crippen molar-refractivity contribution in [2.24, 2.45) is 0 Å². The molecule has 0 aliphatic carbocycles. The first-order valence-electron chi connectivity index (χ1n) is 5.09. The molecule has 1 aromatic heterocycles. The molecule has 82 valence electrons. The first-order valence-corrected chi connectivity index (χ1v) is 5.09. The first kappa shape index (κ1) is 10.4. The smallest absolute Gasteiger partial charge is 0.251 e. The number of nitrogens with one attached hydrogen (secondary N) is 1. The van der Waals surface area contributed by atoms with E-state index in [0.29, 0.717) is 12.4 Å². The molecule has 2 rings (SSSR count). The first-order chi connectivity index (χ1) is 7.81. The standard InChI is InChI=1S/C12H12N2O2/c1-2-16-10-6-4-3-5-9(10)12-13-8-7-11(15)14-12/h3-8H,2H2,1H3,(H,13,14,15). The van der Waals surface area contributed by atoms with Crippen molar-refractivity contribution in [1.82, 2.24) is 9.97 Å². The predicted molar refractivity (Wildman–Crippen MR) is 61.5 cm³/mol. The van der Waals surface area contributed by atoms with Crippen molar-refractivity contribution < 1.29 is 4.74 Å². The third-order valence-corrected chi connectivity index (χ3v) is 2.11. The molecule has 0 bridgehead atoms. The highest BCUT2D eigenvalue weighted by Gasteiger charge is 2.06. The number of rotatable bonds is 3. The molecule has 0 atom stereocenters. The summed E-state index contributed by atoms with van der Waals surface area (Å²) in [5.41, 5.74) is 0.623. The number of ether oxygens (including phenoxy) is 1. The van der Waals surface area contributed by atoms with Crippen molar-refractivity contribution >= 4 is 0 Å². The molecule has 0 spiro atoms. The van der Waals surface area contributed by atoms with E-state index in [1.54, 1.807) is 0 Å². The molecular weight excluding hydrogens is 204 g/mol. The summed E-state index contributed by atoms with van der Waals surface area (Å²) in [6.07, 6.45) is 1.48. The largest absolute Gasteiger partial charge is 0.493 e. The van der Waals surface area contributed by atoms with E-state index in [1.165, 1.54) is 12.3 Å². The Bertz CT molecular complexity index is 534. The normalized spacial score (nSPS) is 10.1. The maximum Gasteiger partial charge on any atom is 0.251 e. The Morgan fingerprint density at radius 3 is 2.88 bits per heavy atom. The third kappa shape index (κ3) is 2.11. The fraction of sp³-hybridized carbons (Fsp3) is 0.167. The number of aromatic amines is 1. The van der Waals surface area contributed by atoms with E-state index in [0.717, 1.165) is 11.3 Å². The van der Waals surface area contributed by atoms with E-state index in [1.807, 2.05) is 31.2 Å². The molecule has 1 aromatic carbocycles. The Morgan fingerprint density at radius 2 is 2.12 bits per heavy atom. The topological polar surface area (TPSA) is 55.0 Å². The number of aromatic nitrogens is 2. The van der Waals surface area contributed by atoms with Crippen LogP contribution in [0.15, 0.2) is 41.3 Å². The summed E-state index contributed by atoms with van der Waals surface area (Å²) in [5, 5.41) is 0. The molecule has 4 nitrogen and oxygen atoms in total. The molecule has 1 N–H and O–H groups in total. The number of para-hydroxylation sites is 1. The summed E-state index contributed by atoms with van der Waals surface area (Å²) >= 11 is 0. The summed E-state index contributed by atoms with van der Waals surface area (Å²) in [7, 11) is 0. The van der Waals surface area contributed by atoms with Crippen LogP contribution in [0.25, 0.3) is 11.4 Å². The van der Waals surface area contributed by atoms with E-state index in [2.05, 4.69) is 9.97 Å².